The van der Waals surface area contributed by atoms with Gasteiger partial charge in [0, 0.05) is 51.2 Å². The molecule has 0 radical (unpaired) electrons. The van der Waals surface area contributed by atoms with Gasteiger partial charge < -0.3 is 14.9 Å². The van der Waals surface area contributed by atoms with Gasteiger partial charge in [-0.15, -0.1) is 0 Å². The molecular weight excluding hydrogens is 628 g/mol. The van der Waals surface area contributed by atoms with E-state index in [4.69, 9.17) is 24.5 Å². The normalized spacial score (nSPS) is 19.5. The molecule has 2 aromatic heterocycles. The number of nitrogens with zero attached hydrogens (tertiary/aromatic N) is 5. The molecule has 19 heteroatoms. The monoisotopic (exact) mass is 653 g/mol. The second-order valence-corrected chi connectivity index (χ2v) is 11.2. The highest BCUT2D eigenvalue weighted by Gasteiger charge is 2.47. The SMILES string of the molecule is Cn1cc(CN2CC3Oc4ncccc4S(=O)(=O)N(Cc4ccccc4)C3C2)cn1.O=C(O)C(F)(F)F.O=C(O)C(F)(F)F. The number of likely N-dealkylation sites (tertiary alicyclic amines) is 1. The number of hydrogen-bond acceptors (Lipinski definition) is 8. The highest BCUT2D eigenvalue weighted by Crippen LogP contribution is 2.36. The largest absolute Gasteiger partial charge is 0.490 e. The predicted molar refractivity (Wildman–Crippen MR) is 137 cm³/mol. The van der Waals surface area contributed by atoms with E-state index in [1.54, 1.807) is 27.3 Å². The summed E-state index contributed by atoms with van der Waals surface area (Å²) in [5.41, 5.74) is 2.03. The Hall–Kier alpha value is -4.23. The van der Waals surface area contributed by atoms with Crippen LogP contribution in [0.5, 0.6) is 5.88 Å². The molecule has 0 bridgehead atoms. The summed E-state index contributed by atoms with van der Waals surface area (Å²) < 4.78 is 100. The molecule has 1 fully saturated rings. The molecule has 1 aromatic carbocycles. The highest BCUT2D eigenvalue weighted by atomic mass is 32.2. The zero-order chi connectivity index (χ0) is 32.9. The average Bonchev–Trinajstić information content (AvgIpc) is 3.50. The maximum absolute atomic E-state index is 13.6. The summed E-state index contributed by atoms with van der Waals surface area (Å²) in [5.74, 6) is -5.33. The molecule has 2 atom stereocenters. The van der Waals surface area contributed by atoms with Crippen molar-refractivity contribution in [1.82, 2.24) is 24.0 Å². The van der Waals surface area contributed by atoms with Gasteiger partial charge >= 0.3 is 24.3 Å². The van der Waals surface area contributed by atoms with Crippen molar-refractivity contribution in [3.63, 3.8) is 0 Å². The minimum atomic E-state index is -5.08. The number of ether oxygens (including phenoxy) is 1. The summed E-state index contributed by atoms with van der Waals surface area (Å²) in [4.78, 5) is 24.4. The van der Waals surface area contributed by atoms with Crippen molar-refractivity contribution in [2.75, 3.05) is 13.1 Å². The Kier molecular flexibility index (Phi) is 10.6. The standard InChI is InChI=1S/C21H23N5O3S.2C2HF3O2/c1-24-11-17(10-23-24)12-25-14-18-19(15-25)29-21-20(8-5-9-22-21)30(27,28)26(18)13-16-6-3-2-4-7-16;2*3-2(4,5)1(6)7/h2-11,18-19H,12-15H2,1H3;2*(H,6,7). The third-order valence-electron chi connectivity index (χ3n) is 6.10. The van der Waals surface area contributed by atoms with Gasteiger partial charge in [-0.1, -0.05) is 30.3 Å². The van der Waals surface area contributed by atoms with E-state index in [1.807, 2.05) is 49.8 Å². The number of halogens is 6. The molecule has 4 heterocycles. The fourth-order valence-corrected chi connectivity index (χ4v) is 5.94. The van der Waals surface area contributed by atoms with Gasteiger partial charge in [-0.05, 0) is 17.7 Å². The van der Waals surface area contributed by atoms with Crippen LogP contribution in [0, 0.1) is 0 Å². The number of alkyl halides is 6. The van der Waals surface area contributed by atoms with Crippen LogP contribution in [-0.4, -0.2) is 92.1 Å². The van der Waals surface area contributed by atoms with E-state index in [1.165, 1.54) is 0 Å². The van der Waals surface area contributed by atoms with Crippen molar-refractivity contribution in [1.29, 1.82) is 0 Å². The van der Waals surface area contributed by atoms with Crippen molar-refractivity contribution in [3.05, 3.63) is 72.2 Å². The fourth-order valence-electron chi connectivity index (χ4n) is 4.24. The van der Waals surface area contributed by atoms with E-state index in [0.29, 0.717) is 26.2 Å². The third-order valence-corrected chi connectivity index (χ3v) is 7.98. The summed E-state index contributed by atoms with van der Waals surface area (Å²) in [7, 11) is -1.87. The molecule has 0 amide bonds. The molecule has 2 unspecified atom stereocenters. The number of pyridine rings is 1. The lowest BCUT2D eigenvalue weighted by atomic mass is 10.1. The number of carbonyl (C=O) groups is 2. The molecule has 1 saturated heterocycles. The first kappa shape index (κ1) is 34.3. The number of aromatic nitrogens is 3. The van der Waals surface area contributed by atoms with Crippen molar-refractivity contribution < 1.29 is 59.3 Å². The summed E-state index contributed by atoms with van der Waals surface area (Å²) in [5, 5.41) is 18.5. The van der Waals surface area contributed by atoms with Gasteiger partial charge in [-0.3, -0.25) is 9.58 Å². The maximum atomic E-state index is 13.6. The van der Waals surface area contributed by atoms with E-state index in [9.17, 15) is 34.8 Å². The molecular formula is C25H25F6N5O7S. The maximum Gasteiger partial charge on any atom is 0.490 e. The van der Waals surface area contributed by atoms with Crippen LogP contribution in [0.25, 0.3) is 0 Å². The first-order chi connectivity index (χ1) is 20.4. The van der Waals surface area contributed by atoms with Crippen LogP contribution in [0.4, 0.5) is 26.3 Å². The molecule has 2 aliphatic rings. The Balaban J connectivity index is 0.000000317. The lowest BCUT2D eigenvalue weighted by Crippen LogP contribution is -2.46. The Morgan fingerprint density at radius 3 is 2.05 bits per heavy atom. The van der Waals surface area contributed by atoms with Crippen molar-refractivity contribution in [2.24, 2.45) is 7.05 Å². The second-order valence-electron chi connectivity index (χ2n) is 9.39. The Morgan fingerprint density at radius 1 is 0.932 bits per heavy atom. The summed E-state index contributed by atoms with van der Waals surface area (Å²) in [6.07, 6.45) is -5.08. The first-order valence-corrected chi connectivity index (χ1v) is 13.8. The molecule has 12 nitrogen and oxygen atoms in total. The predicted octanol–water partition coefficient (Wildman–Crippen LogP) is 2.92. The molecule has 44 heavy (non-hydrogen) atoms. The summed E-state index contributed by atoms with van der Waals surface area (Å²) in [6, 6.07) is 12.6. The number of hydrogen-bond donors (Lipinski definition) is 2. The number of benzene rings is 1. The molecule has 0 aliphatic carbocycles. The van der Waals surface area contributed by atoms with Gasteiger partial charge in [0.1, 0.15) is 11.0 Å². The van der Waals surface area contributed by atoms with Crippen LogP contribution in [0.15, 0.2) is 66.0 Å². The quantitative estimate of drug-likeness (QED) is 0.402. The van der Waals surface area contributed by atoms with Crippen LogP contribution >= 0.6 is 0 Å². The minimum Gasteiger partial charge on any atom is -0.475 e. The van der Waals surface area contributed by atoms with Gasteiger partial charge in [0.05, 0.1) is 12.2 Å². The zero-order valence-electron chi connectivity index (χ0n) is 22.6. The van der Waals surface area contributed by atoms with Crippen LogP contribution in [0.1, 0.15) is 11.1 Å². The topological polar surface area (TPSA) is 155 Å². The number of aryl methyl sites for hydroxylation is 1. The molecule has 0 spiro atoms. The lowest BCUT2D eigenvalue weighted by molar-refractivity contribution is -0.193. The number of aliphatic carboxylic acids is 2. The van der Waals surface area contributed by atoms with Crippen LogP contribution < -0.4 is 4.74 Å². The summed E-state index contributed by atoms with van der Waals surface area (Å²) in [6.45, 7) is 2.19. The Bertz CT molecular complexity index is 1530. The first-order valence-electron chi connectivity index (χ1n) is 12.4. The molecule has 3 aromatic rings. The van der Waals surface area contributed by atoms with E-state index in [0.717, 1.165) is 11.1 Å². The van der Waals surface area contributed by atoms with Crippen molar-refractivity contribution >= 4 is 22.0 Å². The summed E-state index contributed by atoms with van der Waals surface area (Å²) >= 11 is 0. The van der Waals surface area contributed by atoms with E-state index in [2.05, 4.69) is 15.0 Å². The van der Waals surface area contributed by atoms with E-state index >= 15 is 0 Å². The molecule has 2 aliphatic heterocycles. The van der Waals surface area contributed by atoms with E-state index < -0.39 is 34.3 Å². The number of rotatable bonds is 4. The highest BCUT2D eigenvalue weighted by molar-refractivity contribution is 7.89. The minimum absolute atomic E-state index is 0.133. The van der Waals surface area contributed by atoms with E-state index in [-0.39, 0.29) is 22.9 Å². The molecule has 2 N–H and O–H groups in total. The Labute approximate surface area is 246 Å². The van der Waals surface area contributed by atoms with Gasteiger partial charge in [-0.2, -0.15) is 35.7 Å². The Morgan fingerprint density at radius 2 is 1.52 bits per heavy atom. The fraction of sp³-hybridized carbons (Fsp3) is 0.360. The van der Waals surface area contributed by atoms with Crippen LogP contribution in [0.2, 0.25) is 0 Å². The van der Waals surface area contributed by atoms with Crippen molar-refractivity contribution in [2.45, 2.75) is 42.5 Å². The van der Waals surface area contributed by atoms with Gasteiger partial charge in [0.2, 0.25) is 15.9 Å². The molecule has 5 rings (SSSR count). The number of carboxylic acids is 2. The second kappa shape index (κ2) is 13.6. The van der Waals surface area contributed by atoms with Gasteiger partial charge in [0.15, 0.2) is 0 Å². The smallest absolute Gasteiger partial charge is 0.475 e. The number of sulfonamides is 1. The average molecular weight is 654 g/mol. The number of carboxylic acid groups (broad SMARTS) is 2. The number of fused-ring (bicyclic) bond motifs is 2. The molecule has 0 saturated carbocycles. The van der Waals surface area contributed by atoms with Crippen LogP contribution in [0.3, 0.4) is 0 Å². The van der Waals surface area contributed by atoms with Gasteiger partial charge in [0.25, 0.3) is 0 Å². The third kappa shape index (κ3) is 8.89. The van der Waals surface area contributed by atoms with Gasteiger partial charge in [-0.25, -0.2) is 23.0 Å². The van der Waals surface area contributed by atoms with Crippen molar-refractivity contribution in [3.8, 4) is 5.88 Å². The van der Waals surface area contributed by atoms with Crippen LogP contribution in [-0.2, 0) is 39.7 Å². The lowest BCUT2D eigenvalue weighted by Gasteiger charge is -2.28. The zero-order valence-corrected chi connectivity index (χ0v) is 23.4. The molecule has 240 valence electrons.